The van der Waals surface area contributed by atoms with Gasteiger partial charge in [0.2, 0.25) is 0 Å². The minimum atomic E-state index is -0.0133. The molecule has 0 spiro atoms. The fourth-order valence-electron chi connectivity index (χ4n) is 1.93. The maximum Gasteiger partial charge on any atom is 0.255 e. The first kappa shape index (κ1) is 10.4. The van der Waals surface area contributed by atoms with Gasteiger partial charge in [-0.3, -0.25) is 4.79 Å². The van der Waals surface area contributed by atoms with Crippen LogP contribution in [0.25, 0.3) is 0 Å². The fourth-order valence-corrected chi connectivity index (χ4v) is 1.93. The number of nitrogens with zero attached hydrogens (tertiary/aromatic N) is 1. The van der Waals surface area contributed by atoms with Crippen LogP contribution in [-0.4, -0.2) is 16.0 Å². The van der Waals surface area contributed by atoms with Crippen molar-refractivity contribution in [2.75, 3.05) is 0 Å². The summed E-state index contributed by atoms with van der Waals surface area (Å²) in [4.78, 5) is 18.8. The lowest BCUT2D eigenvalue weighted by atomic mass is 10.1. The Morgan fingerprint density at radius 2 is 2.13 bits per heavy atom. The summed E-state index contributed by atoms with van der Waals surface area (Å²) < 4.78 is 0. The average molecular weight is 207 g/mol. The summed E-state index contributed by atoms with van der Waals surface area (Å²) in [7, 11) is 0. The molecular formula is C11H17N3O. The topological polar surface area (TPSA) is 57.8 Å². The van der Waals surface area contributed by atoms with Gasteiger partial charge >= 0.3 is 0 Å². The molecule has 0 radical (unpaired) electrons. The van der Waals surface area contributed by atoms with Crippen molar-refractivity contribution in [3.8, 4) is 0 Å². The van der Waals surface area contributed by atoms with Crippen LogP contribution >= 0.6 is 0 Å². The molecule has 1 atom stereocenters. The van der Waals surface area contributed by atoms with Crippen molar-refractivity contribution < 1.29 is 0 Å². The Morgan fingerprint density at radius 3 is 2.67 bits per heavy atom. The van der Waals surface area contributed by atoms with Crippen molar-refractivity contribution in [3.63, 3.8) is 0 Å². The predicted molar refractivity (Wildman–Crippen MR) is 58.9 cm³/mol. The van der Waals surface area contributed by atoms with Gasteiger partial charge in [0.1, 0.15) is 5.82 Å². The summed E-state index contributed by atoms with van der Waals surface area (Å²) in [6.07, 6.45) is 2.45. The van der Waals surface area contributed by atoms with Crippen LogP contribution in [0.1, 0.15) is 42.9 Å². The van der Waals surface area contributed by atoms with E-state index >= 15 is 0 Å². The minimum Gasteiger partial charge on any atom is -0.310 e. The van der Waals surface area contributed by atoms with Crippen LogP contribution in [0.15, 0.2) is 4.79 Å². The monoisotopic (exact) mass is 207 g/mol. The van der Waals surface area contributed by atoms with Crippen molar-refractivity contribution in [1.82, 2.24) is 15.3 Å². The zero-order chi connectivity index (χ0) is 11.0. The van der Waals surface area contributed by atoms with Gasteiger partial charge in [-0.15, -0.1) is 0 Å². The Morgan fingerprint density at radius 1 is 1.47 bits per heavy atom. The van der Waals surface area contributed by atoms with Gasteiger partial charge in [0.15, 0.2) is 0 Å². The third-order valence-electron chi connectivity index (χ3n) is 2.76. The normalized spacial score (nSPS) is 17.8. The van der Waals surface area contributed by atoms with Gasteiger partial charge in [-0.05, 0) is 33.6 Å². The van der Waals surface area contributed by atoms with Crippen molar-refractivity contribution in [1.29, 1.82) is 0 Å². The summed E-state index contributed by atoms with van der Waals surface area (Å²) >= 11 is 0. The van der Waals surface area contributed by atoms with Crippen LogP contribution < -0.4 is 10.9 Å². The molecule has 2 rings (SSSR count). The number of rotatable bonds is 3. The highest BCUT2D eigenvalue weighted by Crippen LogP contribution is 2.23. The Bertz CT molecular complexity index is 420. The molecule has 1 heterocycles. The molecule has 0 saturated heterocycles. The van der Waals surface area contributed by atoms with Crippen molar-refractivity contribution in [2.24, 2.45) is 0 Å². The molecule has 0 amide bonds. The molecule has 0 aliphatic heterocycles. The summed E-state index contributed by atoms with van der Waals surface area (Å²) in [6.45, 7) is 5.72. The maximum absolute atomic E-state index is 11.8. The highest BCUT2D eigenvalue weighted by atomic mass is 16.1. The van der Waals surface area contributed by atoms with Crippen LogP contribution in [0.5, 0.6) is 0 Å². The first-order valence-corrected chi connectivity index (χ1v) is 5.41. The van der Waals surface area contributed by atoms with Crippen molar-refractivity contribution in [3.05, 3.63) is 27.4 Å². The second-order valence-electron chi connectivity index (χ2n) is 4.31. The van der Waals surface area contributed by atoms with E-state index in [1.165, 1.54) is 12.8 Å². The molecule has 4 heteroatoms. The number of nitrogens with one attached hydrogen (secondary N) is 2. The molecule has 1 unspecified atom stereocenters. The lowest BCUT2D eigenvalue weighted by Gasteiger charge is -2.14. The van der Waals surface area contributed by atoms with E-state index in [9.17, 15) is 4.79 Å². The van der Waals surface area contributed by atoms with Crippen LogP contribution in [-0.2, 0) is 0 Å². The zero-order valence-electron chi connectivity index (χ0n) is 9.42. The zero-order valence-corrected chi connectivity index (χ0v) is 9.42. The first-order valence-electron chi connectivity index (χ1n) is 5.41. The molecule has 1 aromatic heterocycles. The van der Waals surface area contributed by atoms with E-state index in [4.69, 9.17) is 0 Å². The molecule has 4 nitrogen and oxygen atoms in total. The van der Waals surface area contributed by atoms with Crippen LogP contribution in [0, 0.1) is 13.8 Å². The van der Waals surface area contributed by atoms with Crippen molar-refractivity contribution >= 4 is 0 Å². The average Bonchev–Trinajstić information content (AvgIpc) is 2.85. The lowest BCUT2D eigenvalue weighted by Crippen LogP contribution is -2.29. The summed E-state index contributed by atoms with van der Waals surface area (Å²) in [6, 6.07) is 0.689. The third kappa shape index (κ3) is 2.26. The molecule has 1 aliphatic rings. The molecule has 0 aromatic carbocycles. The van der Waals surface area contributed by atoms with E-state index in [0.717, 1.165) is 11.3 Å². The first-order chi connectivity index (χ1) is 7.08. The van der Waals surface area contributed by atoms with Gasteiger partial charge in [0.05, 0.1) is 5.56 Å². The highest BCUT2D eigenvalue weighted by molar-refractivity contribution is 5.20. The molecule has 0 bridgehead atoms. The Labute approximate surface area is 89.1 Å². The molecule has 1 saturated carbocycles. The van der Waals surface area contributed by atoms with E-state index in [1.807, 2.05) is 13.8 Å². The van der Waals surface area contributed by atoms with E-state index < -0.39 is 0 Å². The summed E-state index contributed by atoms with van der Waals surface area (Å²) in [5.74, 6) is 0.680. The Balaban J connectivity index is 2.29. The highest BCUT2D eigenvalue weighted by Gasteiger charge is 2.25. The minimum absolute atomic E-state index is 0.0133. The number of aromatic nitrogens is 2. The molecule has 2 N–H and O–H groups in total. The predicted octanol–water partition coefficient (Wildman–Crippen LogP) is 1.20. The number of aryl methyl sites for hydroxylation is 2. The number of hydrogen-bond donors (Lipinski definition) is 2. The molecule has 1 aliphatic carbocycles. The van der Waals surface area contributed by atoms with Gasteiger partial charge in [0, 0.05) is 17.8 Å². The van der Waals surface area contributed by atoms with Gasteiger partial charge < -0.3 is 10.3 Å². The number of aromatic amines is 1. The standard InChI is InChI=1S/C11H17N3O/c1-6-10(7(2)13-9-4-5-9)11(15)14-8(3)12-6/h7,9,13H,4-5H2,1-3H3,(H,12,14,15). The van der Waals surface area contributed by atoms with E-state index in [1.54, 1.807) is 6.92 Å². The maximum atomic E-state index is 11.8. The number of hydrogen-bond acceptors (Lipinski definition) is 3. The third-order valence-corrected chi connectivity index (χ3v) is 2.76. The van der Waals surface area contributed by atoms with Crippen LogP contribution in [0.3, 0.4) is 0 Å². The van der Waals surface area contributed by atoms with Gasteiger partial charge in [-0.1, -0.05) is 0 Å². The smallest absolute Gasteiger partial charge is 0.255 e. The quantitative estimate of drug-likeness (QED) is 0.783. The largest absolute Gasteiger partial charge is 0.310 e. The van der Waals surface area contributed by atoms with Gasteiger partial charge in [0.25, 0.3) is 5.56 Å². The number of H-pyrrole nitrogens is 1. The molecular weight excluding hydrogens is 190 g/mol. The SMILES string of the molecule is Cc1nc(C)c(C(C)NC2CC2)c(=O)[nH]1. The van der Waals surface area contributed by atoms with Gasteiger partial charge in [-0.2, -0.15) is 0 Å². The second kappa shape index (κ2) is 3.77. The lowest BCUT2D eigenvalue weighted by molar-refractivity contribution is 0.559. The summed E-state index contributed by atoms with van der Waals surface area (Å²) in [5, 5.41) is 3.41. The molecule has 82 valence electrons. The molecule has 15 heavy (non-hydrogen) atoms. The Kier molecular flexibility index (Phi) is 2.61. The summed E-state index contributed by atoms with van der Waals surface area (Å²) in [5.41, 5.74) is 1.59. The Hall–Kier alpha value is -1.16. The van der Waals surface area contributed by atoms with E-state index in [0.29, 0.717) is 11.9 Å². The van der Waals surface area contributed by atoms with Crippen LogP contribution in [0.4, 0.5) is 0 Å². The van der Waals surface area contributed by atoms with E-state index in [2.05, 4.69) is 15.3 Å². The fraction of sp³-hybridized carbons (Fsp3) is 0.636. The molecule has 1 fully saturated rings. The van der Waals surface area contributed by atoms with Crippen molar-refractivity contribution in [2.45, 2.75) is 45.7 Å². The van der Waals surface area contributed by atoms with Crippen LogP contribution in [0.2, 0.25) is 0 Å². The molecule has 1 aromatic rings. The van der Waals surface area contributed by atoms with E-state index in [-0.39, 0.29) is 11.6 Å². The second-order valence-corrected chi connectivity index (χ2v) is 4.31. The van der Waals surface area contributed by atoms with Gasteiger partial charge in [-0.25, -0.2) is 4.98 Å².